The summed E-state index contributed by atoms with van der Waals surface area (Å²) in [6.45, 7) is 0.0506. The van der Waals surface area contributed by atoms with E-state index in [9.17, 15) is 4.79 Å². The largest absolute Gasteiger partial charge is 0.484 e. The fourth-order valence-corrected chi connectivity index (χ4v) is 1.11. The molecule has 1 rings (SSSR count). The van der Waals surface area contributed by atoms with Crippen molar-refractivity contribution in [2.24, 2.45) is 0 Å². The molecule has 0 saturated carbocycles. The smallest absolute Gasteiger partial charge is 0.180 e. The fraction of sp³-hybridized carbons (Fsp3) is 0.222. The summed E-state index contributed by atoms with van der Waals surface area (Å²) in [4.78, 5) is 10.9. The first-order valence-corrected chi connectivity index (χ1v) is 5.19. The SMILES string of the molecule is O=C(CBr)COc1ccccc1Cl. The van der Waals surface area contributed by atoms with E-state index < -0.39 is 0 Å². The Kier molecular flexibility index (Phi) is 4.25. The van der Waals surface area contributed by atoms with Gasteiger partial charge < -0.3 is 4.74 Å². The van der Waals surface area contributed by atoms with Gasteiger partial charge in [0.1, 0.15) is 12.4 Å². The third-order valence-corrected chi connectivity index (χ3v) is 2.31. The van der Waals surface area contributed by atoms with Crippen molar-refractivity contribution < 1.29 is 9.53 Å². The number of ketones is 1. The van der Waals surface area contributed by atoms with Crippen LogP contribution in [0.25, 0.3) is 0 Å². The molecule has 0 amide bonds. The van der Waals surface area contributed by atoms with Gasteiger partial charge in [-0.1, -0.05) is 39.7 Å². The first-order chi connectivity index (χ1) is 6.24. The minimum atomic E-state index is -0.0140. The molecule has 0 aliphatic carbocycles. The second kappa shape index (κ2) is 5.25. The second-order valence-electron chi connectivity index (χ2n) is 2.39. The van der Waals surface area contributed by atoms with E-state index in [1.807, 2.05) is 6.07 Å². The maximum absolute atomic E-state index is 10.9. The molecule has 0 aliphatic heterocycles. The number of para-hydroxylation sites is 1. The molecule has 0 fully saturated rings. The lowest BCUT2D eigenvalue weighted by atomic mass is 10.3. The highest BCUT2D eigenvalue weighted by atomic mass is 79.9. The van der Waals surface area contributed by atoms with Crippen molar-refractivity contribution >= 4 is 33.3 Å². The number of halogens is 2. The van der Waals surface area contributed by atoms with Crippen LogP contribution in [0.5, 0.6) is 5.75 Å². The molecule has 0 N–H and O–H groups in total. The summed E-state index contributed by atoms with van der Waals surface area (Å²) in [6.07, 6.45) is 0. The Morgan fingerprint density at radius 3 is 2.77 bits per heavy atom. The number of rotatable bonds is 4. The lowest BCUT2D eigenvalue weighted by Crippen LogP contribution is -2.11. The Morgan fingerprint density at radius 1 is 1.46 bits per heavy atom. The van der Waals surface area contributed by atoms with Crippen LogP contribution in [0.3, 0.4) is 0 Å². The van der Waals surface area contributed by atoms with E-state index in [1.54, 1.807) is 18.2 Å². The van der Waals surface area contributed by atoms with E-state index >= 15 is 0 Å². The van der Waals surface area contributed by atoms with Gasteiger partial charge in [0.25, 0.3) is 0 Å². The third-order valence-electron chi connectivity index (χ3n) is 1.37. The third kappa shape index (κ3) is 3.36. The van der Waals surface area contributed by atoms with Crippen molar-refractivity contribution in [2.45, 2.75) is 0 Å². The van der Waals surface area contributed by atoms with Crippen LogP contribution in [-0.2, 0) is 4.79 Å². The number of ether oxygens (including phenoxy) is 1. The zero-order chi connectivity index (χ0) is 9.68. The highest BCUT2D eigenvalue weighted by molar-refractivity contribution is 9.09. The predicted octanol–water partition coefficient (Wildman–Crippen LogP) is 2.68. The van der Waals surface area contributed by atoms with Crippen LogP contribution in [0, 0.1) is 0 Å². The molecule has 0 spiro atoms. The highest BCUT2D eigenvalue weighted by Crippen LogP contribution is 2.22. The lowest BCUT2D eigenvalue weighted by molar-refractivity contribution is -0.118. The lowest BCUT2D eigenvalue weighted by Gasteiger charge is -2.05. The summed E-state index contributed by atoms with van der Waals surface area (Å²) in [7, 11) is 0. The van der Waals surface area contributed by atoms with Gasteiger partial charge in [-0.15, -0.1) is 0 Å². The molecule has 0 bridgehead atoms. The number of Topliss-reactive ketones (excluding diaryl/α,β-unsaturated/α-hetero) is 1. The molecule has 2 nitrogen and oxygen atoms in total. The molecule has 0 unspecified atom stereocenters. The molecule has 0 aliphatic rings. The number of alkyl halides is 1. The van der Waals surface area contributed by atoms with Crippen molar-refractivity contribution in [1.82, 2.24) is 0 Å². The maximum atomic E-state index is 10.9. The predicted molar refractivity (Wildman–Crippen MR) is 55.7 cm³/mol. The summed E-state index contributed by atoms with van der Waals surface area (Å²) in [5, 5.41) is 0.821. The van der Waals surface area contributed by atoms with Crippen LogP contribution in [0.15, 0.2) is 24.3 Å². The van der Waals surface area contributed by atoms with Crippen molar-refractivity contribution in [2.75, 3.05) is 11.9 Å². The van der Waals surface area contributed by atoms with E-state index in [0.29, 0.717) is 16.1 Å². The topological polar surface area (TPSA) is 26.3 Å². The van der Waals surface area contributed by atoms with Crippen LogP contribution < -0.4 is 4.74 Å². The van der Waals surface area contributed by atoms with Gasteiger partial charge in [0.15, 0.2) is 5.78 Å². The van der Waals surface area contributed by atoms with E-state index in [1.165, 1.54) is 0 Å². The molecular formula is C9H8BrClO2. The van der Waals surface area contributed by atoms with Crippen molar-refractivity contribution in [3.63, 3.8) is 0 Å². The van der Waals surface area contributed by atoms with Gasteiger partial charge in [-0.2, -0.15) is 0 Å². The molecule has 0 radical (unpaired) electrons. The molecule has 70 valence electrons. The molecule has 4 heteroatoms. The molecule has 0 saturated heterocycles. The van der Waals surface area contributed by atoms with E-state index in [4.69, 9.17) is 16.3 Å². The molecule has 0 heterocycles. The second-order valence-corrected chi connectivity index (χ2v) is 3.36. The summed E-state index contributed by atoms with van der Waals surface area (Å²) in [6, 6.07) is 7.06. The van der Waals surface area contributed by atoms with Crippen LogP contribution in [-0.4, -0.2) is 17.7 Å². The van der Waals surface area contributed by atoms with Crippen molar-refractivity contribution in [1.29, 1.82) is 0 Å². The maximum Gasteiger partial charge on any atom is 0.180 e. The Morgan fingerprint density at radius 2 is 2.15 bits per heavy atom. The normalized spacial score (nSPS) is 9.69. The summed E-state index contributed by atoms with van der Waals surface area (Å²) >= 11 is 8.85. The van der Waals surface area contributed by atoms with Crippen LogP contribution in [0.4, 0.5) is 0 Å². The van der Waals surface area contributed by atoms with Gasteiger partial charge in [-0.25, -0.2) is 0 Å². The van der Waals surface area contributed by atoms with Gasteiger partial charge in [-0.05, 0) is 12.1 Å². The molecule has 1 aromatic rings. The number of carbonyl (C=O) groups is 1. The average molecular weight is 264 g/mol. The summed E-state index contributed by atoms with van der Waals surface area (Å²) in [5.74, 6) is 0.526. The van der Waals surface area contributed by atoms with Gasteiger partial charge in [0.05, 0.1) is 10.4 Å². The molecule has 0 atom stereocenters. The van der Waals surface area contributed by atoms with Gasteiger partial charge in [-0.3, -0.25) is 4.79 Å². The number of benzene rings is 1. The van der Waals surface area contributed by atoms with Gasteiger partial charge in [0.2, 0.25) is 0 Å². The molecular weight excluding hydrogens is 255 g/mol. The summed E-state index contributed by atoms with van der Waals surface area (Å²) in [5.41, 5.74) is 0. The number of hydrogen-bond acceptors (Lipinski definition) is 2. The highest BCUT2D eigenvalue weighted by Gasteiger charge is 2.03. The van der Waals surface area contributed by atoms with Crippen LogP contribution in [0.1, 0.15) is 0 Å². The number of hydrogen-bond donors (Lipinski definition) is 0. The van der Waals surface area contributed by atoms with Crippen LogP contribution in [0.2, 0.25) is 5.02 Å². The molecule has 0 aromatic heterocycles. The van der Waals surface area contributed by atoms with E-state index in [2.05, 4.69) is 15.9 Å². The Hall–Kier alpha value is -0.540. The zero-order valence-corrected chi connectivity index (χ0v) is 9.14. The Labute approximate surface area is 90.0 Å². The van der Waals surface area contributed by atoms with Crippen molar-refractivity contribution in [3.8, 4) is 5.75 Å². The van der Waals surface area contributed by atoms with Crippen molar-refractivity contribution in [3.05, 3.63) is 29.3 Å². The molecule has 1 aromatic carbocycles. The minimum Gasteiger partial charge on any atom is -0.484 e. The monoisotopic (exact) mass is 262 g/mol. The van der Waals surface area contributed by atoms with E-state index in [-0.39, 0.29) is 12.4 Å². The first kappa shape index (κ1) is 10.5. The number of carbonyl (C=O) groups excluding carboxylic acids is 1. The van der Waals surface area contributed by atoms with Gasteiger partial charge in [0, 0.05) is 0 Å². The first-order valence-electron chi connectivity index (χ1n) is 3.69. The Balaban J connectivity index is 2.54. The Bertz CT molecular complexity index is 301. The molecule has 13 heavy (non-hydrogen) atoms. The van der Waals surface area contributed by atoms with Crippen LogP contribution >= 0.6 is 27.5 Å². The quantitative estimate of drug-likeness (QED) is 0.781. The average Bonchev–Trinajstić information content (AvgIpc) is 2.16. The fourth-order valence-electron chi connectivity index (χ4n) is 0.759. The summed E-state index contributed by atoms with van der Waals surface area (Å²) < 4.78 is 5.18. The van der Waals surface area contributed by atoms with Gasteiger partial charge >= 0.3 is 0 Å². The standard InChI is InChI=1S/C9H8BrClO2/c10-5-7(12)6-13-9-4-2-1-3-8(9)11/h1-4H,5-6H2. The van der Waals surface area contributed by atoms with E-state index in [0.717, 1.165) is 0 Å². The zero-order valence-electron chi connectivity index (χ0n) is 6.80. The minimum absolute atomic E-state index is 0.0140.